The number of pyridine rings is 1. The smallest absolute Gasteiger partial charge is 0.456 e. The molecule has 0 aliphatic heterocycles. The van der Waals surface area contributed by atoms with Crippen LogP contribution in [0.5, 0.6) is 5.88 Å². The van der Waals surface area contributed by atoms with E-state index in [4.69, 9.17) is 5.11 Å². The Hall–Kier alpha value is -1.93. The molecule has 0 atom stereocenters. The Bertz CT molecular complexity index is 516. The molecule has 1 rings (SSSR count). The second-order valence-electron chi connectivity index (χ2n) is 4.20. The summed E-state index contributed by atoms with van der Waals surface area (Å²) in [7, 11) is 0. The van der Waals surface area contributed by atoms with E-state index in [9.17, 15) is 26.7 Å². The molecule has 4 nitrogen and oxygen atoms in total. The molecule has 0 spiro atoms. The van der Waals surface area contributed by atoms with Gasteiger partial charge >= 0.3 is 18.1 Å². The van der Waals surface area contributed by atoms with E-state index in [0.29, 0.717) is 18.4 Å². The summed E-state index contributed by atoms with van der Waals surface area (Å²) in [6.07, 6.45) is -4.74. The Morgan fingerprint density at radius 2 is 1.90 bits per heavy atom. The third kappa shape index (κ3) is 4.27. The van der Waals surface area contributed by atoms with Crippen molar-refractivity contribution in [3.8, 4) is 5.88 Å². The van der Waals surface area contributed by atoms with Crippen LogP contribution >= 0.6 is 0 Å². The van der Waals surface area contributed by atoms with Gasteiger partial charge in [-0.15, -0.1) is 0 Å². The molecule has 0 aliphatic rings. The molecule has 0 aliphatic carbocycles. The Balaban J connectivity index is 2.91. The molecule has 0 fully saturated rings. The highest BCUT2D eigenvalue weighted by atomic mass is 19.4. The van der Waals surface area contributed by atoms with Crippen molar-refractivity contribution in [2.75, 3.05) is 6.61 Å². The second kappa shape index (κ2) is 6.23. The molecule has 0 bridgehead atoms. The van der Waals surface area contributed by atoms with Gasteiger partial charge in [-0.3, -0.25) is 0 Å². The van der Waals surface area contributed by atoms with E-state index in [1.807, 2.05) is 0 Å². The van der Waals surface area contributed by atoms with Crippen LogP contribution in [0.1, 0.15) is 29.4 Å². The summed E-state index contributed by atoms with van der Waals surface area (Å²) >= 11 is 0. The predicted molar refractivity (Wildman–Crippen MR) is 61.7 cm³/mol. The van der Waals surface area contributed by atoms with Crippen LogP contribution in [-0.4, -0.2) is 34.8 Å². The molecule has 9 heteroatoms. The number of carboxylic acids is 1. The Labute approximate surface area is 116 Å². The lowest BCUT2D eigenvalue weighted by atomic mass is 10.1. The Morgan fingerprint density at radius 3 is 2.38 bits per heavy atom. The summed E-state index contributed by atoms with van der Waals surface area (Å²) in [5.41, 5.74) is -0.0791. The van der Waals surface area contributed by atoms with Crippen molar-refractivity contribution < 1.29 is 36.6 Å². The van der Waals surface area contributed by atoms with E-state index in [-0.39, 0.29) is 0 Å². The molecule has 0 aromatic carbocycles. The number of carboxylic acid groups (broad SMARTS) is 1. The SMILES string of the molecule is CCCc1ccc(OCC(F)(F)C(F)(F)F)nc1C(=O)O. The summed E-state index contributed by atoms with van der Waals surface area (Å²) in [6.45, 7) is -0.171. The zero-order valence-corrected chi connectivity index (χ0v) is 10.9. The molecule has 21 heavy (non-hydrogen) atoms. The van der Waals surface area contributed by atoms with Crippen molar-refractivity contribution in [1.29, 1.82) is 0 Å². The van der Waals surface area contributed by atoms with Crippen LogP contribution in [0.2, 0.25) is 0 Å². The third-order valence-electron chi connectivity index (χ3n) is 2.49. The van der Waals surface area contributed by atoms with Gasteiger partial charge in [0, 0.05) is 6.07 Å². The second-order valence-corrected chi connectivity index (χ2v) is 4.20. The summed E-state index contributed by atoms with van der Waals surface area (Å²) in [4.78, 5) is 14.4. The van der Waals surface area contributed by atoms with Gasteiger partial charge < -0.3 is 9.84 Å². The van der Waals surface area contributed by atoms with Crippen molar-refractivity contribution in [3.63, 3.8) is 0 Å². The lowest BCUT2D eigenvalue weighted by Gasteiger charge is -2.19. The molecule has 118 valence electrons. The number of aryl methyl sites for hydroxylation is 1. The quantitative estimate of drug-likeness (QED) is 0.819. The van der Waals surface area contributed by atoms with Gasteiger partial charge in [-0.05, 0) is 12.0 Å². The Kier molecular flexibility index (Phi) is 5.08. The standard InChI is InChI=1S/C12H12F5NO3/c1-2-3-7-4-5-8(18-9(7)10(19)20)21-6-11(13,14)12(15,16)17/h4-5H,2-3,6H2,1H3,(H,19,20). The van der Waals surface area contributed by atoms with E-state index in [2.05, 4.69) is 9.72 Å². The first-order valence-electron chi connectivity index (χ1n) is 5.89. The number of nitrogens with zero attached hydrogens (tertiary/aromatic N) is 1. The van der Waals surface area contributed by atoms with Gasteiger partial charge in [-0.25, -0.2) is 9.78 Å². The molecule has 0 radical (unpaired) electrons. The molecule has 1 aromatic rings. The first-order chi connectivity index (χ1) is 9.58. The van der Waals surface area contributed by atoms with Crippen molar-refractivity contribution >= 4 is 5.97 Å². The molecule has 1 N–H and O–H groups in total. The zero-order chi connectivity index (χ0) is 16.3. The Morgan fingerprint density at radius 1 is 1.29 bits per heavy atom. The first-order valence-corrected chi connectivity index (χ1v) is 5.89. The lowest BCUT2D eigenvalue weighted by Crippen LogP contribution is -2.41. The number of aromatic nitrogens is 1. The molecule has 0 unspecified atom stereocenters. The minimum atomic E-state index is -5.75. The normalized spacial score (nSPS) is 12.3. The van der Waals surface area contributed by atoms with Crippen LogP contribution < -0.4 is 4.74 Å². The number of rotatable bonds is 6. The highest BCUT2D eigenvalue weighted by Gasteiger charge is 2.58. The average molecular weight is 313 g/mol. The van der Waals surface area contributed by atoms with Gasteiger partial charge in [0.2, 0.25) is 5.88 Å². The summed E-state index contributed by atoms with van der Waals surface area (Å²) < 4.78 is 65.5. The number of hydrogen-bond donors (Lipinski definition) is 1. The minimum Gasteiger partial charge on any atom is -0.477 e. The van der Waals surface area contributed by atoms with E-state index in [1.54, 1.807) is 6.92 Å². The average Bonchev–Trinajstić information content (AvgIpc) is 2.36. The number of ether oxygens (including phenoxy) is 1. The zero-order valence-electron chi connectivity index (χ0n) is 10.9. The number of carbonyl (C=O) groups is 1. The van der Waals surface area contributed by atoms with Gasteiger partial charge in [0.25, 0.3) is 0 Å². The van der Waals surface area contributed by atoms with Crippen LogP contribution in [0, 0.1) is 0 Å². The first kappa shape index (κ1) is 17.1. The predicted octanol–water partition coefficient (Wildman–Crippen LogP) is 3.31. The van der Waals surface area contributed by atoms with Gasteiger partial charge in [0.05, 0.1) is 0 Å². The van der Waals surface area contributed by atoms with Crippen LogP contribution in [0.25, 0.3) is 0 Å². The number of halogens is 5. The van der Waals surface area contributed by atoms with Crippen LogP contribution in [0.3, 0.4) is 0 Å². The van der Waals surface area contributed by atoms with Crippen molar-refractivity contribution in [3.05, 3.63) is 23.4 Å². The molecule has 1 aromatic heterocycles. The van der Waals surface area contributed by atoms with Crippen molar-refractivity contribution in [2.24, 2.45) is 0 Å². The number of alkyl halides is 5. The van der Waals surface area contributed by atoms with Gasteiger partial charge in [0.1, 0.15) is 0 Å². The molecular formula is C12H12F5NO3. The van der Waals surface area contributed by atoms with Crippen LogP contribution in [-0.2, 0) is 6.42 Å². The molecule has 0 saturated carbocycles. The van der Waals surface area contributed by atoms with Crippen molar-refractivity contribution in [1.82, 2.24) is 4.98 Å². The molecule has 0 amide bonds. The summed E-state index contributed by atoms with van der Waals surface area (Å²) in [5, 5.41) is 8.93. The largest absolute Gasteiger partial charge is 0.477 e. The van der Waals surface area contributed by atoms with Crippen molar-refractivity contribution in [2.45, 2.75) is 31.9 Å². The monoisotopic (exact) mass is 313 g/mol. The lowest BCUT2D eigenvalue weighted by molar-refractivity contribution is -0.290. The maximum atomic E-state index is 12.7. The fraction of sp³-hybridized carbons (Fsp3) is 0.500. The third-order valence-corrected chi connectivity index (χ3v) is 2.49. The fourth-order valence-electron chi connectivity index (χ4n) is 1.45. The maximum absolute atomic E-state index is 12.7. The van der Waals surface area contributed by atoms with Crippen LogP contribution in [0.4, 0.5) is 22.0 Å². The highest BCUT2D eigenvalue weighted by molar-refractivity contribution is 5.87. The summed E-state index contributed by atoms with van der Waals surface area (Å²) in [6, 6.07) is 2.34. The minimum absolute atomic E-state index is 0.347. The molecule has 1 heterocycles. The van der Waals surface area contributed by atoms with E-state index < -0.39 is 36.2 Å². The van der Waals surface area contributed by atoms with E-state index in [1.165, 1.54) is 6.07 Å². The number of aromatic carboxylic acids is 1. The summed E-state index contributed by atoms with van der Waals surface area (Å²) in [5.74, 6) is -7.05. The van der Waals surface area contributed by atoms with Gasteiger partial charge in [-0.1, -0.05) is 19.4 Å². The fourth-order valence-corrected chi connectivity index (χ4v) is 1.45. The topological polar surface area (TPSA) is 59.4 Å². The number of hydrogen-bond acceptors (Lipinski definition) is 3. The molecule has 0 saturated heterocycles. The van der Waals surface area contributed by atoms with Gasteiger partial charge in [0.15, 0.2) is 12.3 Å². The molecular weight excluding hydrogens is 301 g/mol. The van der Waals surface area contributed by atoms with E-state index in [0.717, 1.165) is 6.07 Å². The van der Waals surface area contributed by atoms with Crippen LogP contribution in [0.15, 0.2) is 12.1 Å². The maximum Gasteiger partial charge on any atom is 0.456 e. The van der Waals surface area contributed by atoms with E-state index >= 15 is 0 Å². The van der Waals surface area contributed by atoms with Gasteiger partial charge in [-0.2, -0.15) is 22.0 Å². The highest BCUT2D eigenvalue weighted by Crippen LogP contribution is 2.35.